The van der Waals surface area contributed by atoms with Crippen LogP contribution in [-0.2, 0) is 16.6 Å². The minimum Gasteiger partial charge on any atom is -0.464 e. The Balaban J connectivity index is 2.38. The van der Waals surface area contributed by atoms with Gasteiger partial charge in [-0.1, -0.05) is 0 Å². The zero-order valence-electron chi connectivity index (χ0n) is 9.27. The molecule has 1 aliphatic rings. The van der Waals surface area contributed by atoms with Crippen LogP contribution in [0.2, 0.25) is 0 Å². The van der Waals surface area contributed by atoms with Crippen LogP contribution in [0.3, 0.4) is 0 Å². The van der Waals surface area contributed by atoms with Gasteiger partial charge in [-0.2, -0.15) is 4.31 Å². The average Bonchev–Trinajstić information content (AvgIpc) is 2.85. The fraction of sp³-hybridized carbons (Fsp3) is 0.600. The van der Waals surface area contributed by atoms with Gasteiger partial charge in [0.15, 0.2) is 0 Å². The normalized spacial score (nSPS) is 18.1. The van der Waals surface area contributed by atoms with Crippen molar-refractivity contribution in [1.82, 2.24) is 4.31 Å². The van der Waals surface area contributed by atoms with Crippen molar-refractivity contribution in [3.05, 3.63) is 17.6 Å². The van der Waals surface area contributed by atoms with Gasteiger partial charge in [0.1, 0.15) is 16.4 Å². The number of sulfonamides is 1. The lowest BCUT2D eigenvalue weighted by atomic mass is 10.4. The largest absolute Gasteiger partial charge is 0.464 e. The summed E-state index contributed by atoms with van der Waals surface area (Å²) < 4.78 is 31.2. The van der Waals surface area contributed by atoms with Crippen molar-refractivity contribution in [3.63, 3.8) is 0 Å². The molecule has 0 atom stereocenters. The van der Waals surface area contributed by atoms with Gasteiger partial charge in [0.2, 0.25) is 10.0 Å². The minimum atomic E-state index is -3.37. The van der Waals surface area contributed by atoms with Crippen LogP contribution in [-0.4, -0.2) is 25.8 Å². The molecule has 0 aliphatic carbocycles. The molecule has 0 bridgehead atoms. The quantitative estimate of drug-likeness (QED) is 0.854. The molecule has 2 rings (SSSR count). The SMILES string of the molecule is Cc1oc(CN)cc1S(=O)(=O)N1CCCC1. The maximum atomic E-state index is 12.2. The molecule has 1 fully saturated rings. The highest BCUT2D eigenvalue weighted by molar-refractivity contribution is 7.89. The Morgan fingerprint density at radius 3 is 2.56 bits per heavy atom. The first-order valence-corrected chi connectivity index (χ1v) is 6.79. The number of nitrogens with zero attached hydrogens (tertiary/aromatic N) is 1. The molecular weight excluding hydrogens is 228 g/mol. The molecule has 1 aromatic heterocycles. The Labute approximate surface area is 95.3 Å². The first-order valence-electron chi connectivity index (χ1n) is 5.35. The predicted octanol–water partition coefficient (Wildman–Crippen LogP) is 0.831. The van der Waals surface area contributed by atoms with Gasteiger partial charge in [0.05, 0.1) is 6.54 Å². The summed E-state index contributed by atoms with van der Waals surface area (Å²) in [5, 5.41) is 0. The van der Waals surface area contributed by atoms with Gasteiger partial charge >= 0.3 is 0 Å². The highest BCUT2D eigenvalue weighted by atomic mass is 32.2. The smallest absolute Gasteiger partial charge is 0.246 e. The van der Waals surface area contributed by atoms with E-state index in [1.165, 1.54) is 10.4 Å². The van der Waals surface area contributed by atoms with Crippen molar-refractivity contribution in [3.8, 4) is 0 Å². The molecule has 0 aromatic carbocycles. The Hall–Kier alpha value is -0.850. The highest BCUT2D eigenvalue weighted by Gasteiger charge is 2.30. The lowest BCUT2D eigenvalue weighted by Gasteiger charge is -2.14. The molecule has 5 nitrogen and oxygen atoms in total. The molecule has 6 heteroatoms. The first-order chi connectivity index (χ1) is 7.55. The van der Waals surface area contributed by atoms with Gasteiger partial charge in [-0.3, -0.25) is 0 Å². The van der Waals surface area contributed by atoms with Crippen molar-refractivity contribution in [1.29, 1.82) is 0 Å². The molecule has 0 amide bonds. The molecule has 0 saturated carbocycles. The number of nitrogens with two attached hydrogens (primary N) is 1. The van der Waals surface area contributed by atoms with Crippen LogP contribution >= 0.6 is 0 Å². The lowest BCUT2D eigenvalue weighted by Crippen LogP contribution is -2.28. The summed E-state index contributed by atoms with van der Waals surface area (Å²) in [4.78, 5) is 0.259. The van der Waals surface area contributed by atoms with E-state index in [0.717, 1.165) is 12.8 Å². The number of hydrogen-bond acceptors (Lipinski definition) is 4. The summed E-state index contributed by atoms with van der Waals surface area (Å²) in [6.07, 6.45) is 1.86. The standard InChI is InChI=1S/C10H16N2O3S/c1-8-10(6-9(7-11)15-8)16(13,14)12-4-2-3-5-12/h6H,2-5,7,11H2,1H3. The Kier molecular flexibility index (Phi) is 3.05. The molecule has 1 aromatic rings. The fourth-order valence-electron chi connectivity index (χ4n) is 1.95. The van der Waals surface area contributed by atoms with E-state index < -0.39 is 10.0 Å². The van der Waals surface area contributed by atoms with E-state index in [-0.39, 0.29) is 11.4 Å². The summed E-state index contributed by atoms with van der Waals surface area (Å²) >= 11 is 0. The number of aryl methyl sites for hydroxylation is 1. The third-order valence-corrected chi connectivity index (χ3v) is 4.81. The molecule has 1 aliphatic heterocycles. The van der Waals surface area contributed by atoms with Crippen LogP contribution in [0, 0.1) is 6.92 Å². The van der Waals surface area contributed by atoms with Gasteiger partial charge in [0, 0.05) is 19.2 Å². The van der Waals surface area contributed by atoms with Gasteiger partial charge in [-0.15, -0.1) is 0 Å². The number of hydrogen-bond donors (Lipinski definition) is 1. The number of rotatable bonds is 3. The average molecular weight is 244 g/mol. The topological polar surface area (TPSA) is 76.5 Å². The van der Waals surface area contributed by atoms with E-state index in [4.69, 9.17) is 10.2 Å². The van der Waals surface area contributed by atoms with Gasteiger partial charge < -0.3 is 10.2 Å². The van der Waals surface area contributed by atoms with Crippen molar-refractivity contribution in [2.45, 2.75) is 31.2 Å². The summed E-state index contributed by atoms with van der Waals surface area (Å²) in [6, 6.07) is 1.53. The third kappa shape index (κ3) is 1.88. The van der Waals surface area contributed by atoms with E-state index in [1.807, 2.05) is 0 Å². The van der Waals surface area contributed by atoms with Crippen LogP contribution in [0.25, 0.3) is 0 Å². The Morgan fingerprint density at radius 2 is 2.06 bits per heavy atom. The van der Waals surface area contributed by atoms with E-state index in [9.17, 15) is 8.42 Å². The second kappa shape index (κ2) is 4.20. The van der Waals surface area contributed by atoms with Crippen molar-refractivity contribution >= 4 is 10.0 Å². The zero-order chi connectivity index (χ0) is 11.8. The van der Waals surface area contributed by atoms with Crippen LogP contribution < -0.4 is 5.73 Å². The molecule has 2 heterocycles. The molecule has 1 saturated heterocycles. The summed E-state index contributed by atoms with van der Waals surface area (Å²) in [5.74, 6) is 0.933. The van der Waals surface area contributed by atoms with Crippen molar-refractivity contribution in [2.75, 3.05) is 13.1 Å². The van der Waals surface area contributed by atoms with E-state index in [1.54, 1.807) is 6.92 Å². The molecule has 0 radical (unpaired) electrons. The molecule has 90 valence electrons. The second-order valence-corrected chi connectivity index (χ2v) is 5.85. The van der Waals surface area contributed by atoms with Crippen molar-refractivity contribution in [2.24, 2.45) is 5.73 Å². The molecule has 0 spiro atoms. The summed E-state index contributed by atoms with van der Waals surface area (Å²) in [5.41, 5.74) is 5.43. The van der Waals surface area contributed by atoms with Crippen LogP contribution in [0.5, 0.6) is 0 Å². The highest BCUT2D eigenvalue weighted by Crippen LogP contribution is 2.25. The number of furan rings is 1. The van der Waals surface area contributed by atoms with Crippen LogP contribution in [0.15, 0.2) is 15.4 Å². The van der Waals surface area contributed by atoms with Gasteiger partial charge in [0.25, 0.3) is 0 Å². The Morgan fingerprint density at radius 1 is 1.44 bits per heavy atom. The summed E-state index contributed by atoms with van der Waals surface area (Å²) in [7, 11) is -3.37. The molecule has 2 N–H and O–H groups in total. The monoisotopic (exact) mass is 244 g/mol. The van der Waals surface area contributed by atoms with E-state index >= 15 is 0 Å². The molecular formula is C10H16N2O3S. The van der Waals surface area contributed by atoms with Gasteiger partial charge in [-0.05, 0) is 19.8 Å². The maximum absolute atomic E-state index is 12.2. The summed E-state index contributed by atoms with van der Waals surface area (Å²) in [6.45, 7) is 3.08. The van der Waals surface area contributed by atoms with E-state index in [2.05, 4.69) is 0 Å². The fourth-order valence-corrected chi connectivity index (χ4v) is 3.65. The van der Waals surface area contributed by atoms with Gasteiger partial charge in [-0.25, -0.2) is 8.42 Å². The molecule has 16 heavy (non-hydrogen) atoms. The van der Waals surface area contributed by atoms with Crippen molar-refractivity contribution < 1.29 is 12.8 Å². The predicted molar refractivity (Wildman–Crippen MR) is 59.3 cm³/mol. The van der Waals surface area contributed by atoms with Crippen LogP contribution in [0.1, 0.15) is 24.4 Å². The lowest BCUT2D eigenvalue weighted by molar-refractivity contribution is 0.463. The maximum Gasteiger partial charge on any atom is 0.246 e. The molecule has 0 unspecified atom stereocenters. The zero-order valence-corrected chi connectivity index (χ0v) is 10.1. The second-order valence-electron chi connectivity index (χ2n) is 3.95. The minimum absolute atomic E-state index is 0.219. The third-order valence-electron chi connectivity index (χ3n) is 2.81. The Bertz CT molecular complexity index is 472. The first kappa shape index (κ1) is 11.6. The van der Waals surface area contributed by atoms with E-state index in [0.29, 0.717) is 24.6 Å². The van der Waals surface area contributed by atoms with Crippen LogP contribution in [0.4, 0.5) is 0 Å².